The summed E-state index contributed by atoms with van der Waals surface area (Å²) in [6, 6.07) is 9.94. The van der Waals surface area contributed by atoms with Crippen LogP contribution in [0.25, 0.3) is 10.8 Å². The summed E-state index contributed by atoms with van der Waals surface area (Å²) in [6.45, 7) is -1.10. The van der Waals surface area contributed by atoms with Crippen molar-refractivity contribution in [1.29, 1.82) is 0 Å². The first-order valence-electron chi connectivity index (χ1n) is 6.85. The van der Waals surface area contributed by atoms with E-state index in [1.54, 1.807) is 12.1 Å². The van der Waals surface area contributed by atoms with Gasteiger partial charge in [0, 0.05) is 0 Å². The summed E-state index contributed by atoms with van der Waals surface area (Å²) in [5.74, 6) is -1.12. The Morgan fingerprint density at radius 3 is 2.50 bits per heavy atom. The van der Waals surface area contributed by atoms with E-state index in [2.05, 4.69) is 4.74 Å². The minimum absolute atomic E-state index is 0.0101. The first-order chi connectivity index (χ1) is 11.2. The van der Waals surface area contributed by atoms with E-state index < -0.39 is 27.9 Å². The van der Waals surface area contributed by atoms with Crippen LogP contribution in [-0.2, 0) is 19.6 Å². The van der Waals surface area contributed by atoms with E-state index in [-0.39, 0.29) is 11.7 Å². The van der Waals surface area contributed by atoms with E-state index >= 15 is 0 Å². The Hall–Kier alpha value is -2.10. The topological polar surface area (TPSA) is 93.2 Å². The van der Waals surface area contributed by atoms with Crippen molar-refractivity contribution in [1.82, 2.24) is 0 Å². The van der Waals surface area contributed by atoms with Gasteiger partial charge in [0.1, 0.15) is 6.10 Å². The van der Waals surface area contributed by atoms with Gasteiger partial charge in [0.05, 0.1) is 12.2 Å². The van der Waals surface area contributed by atoms with Crippen LogP contribution in [-0.4, -0.2) is 37.4 Å². The molecule has 128 valence electrons. The lowest BCUT2D eigenvalue weighted by atomic mass is 10.0. The minimum Gasteiger partial charge on any atom is -0.454 e. The minimum atomic E-state index is -5.64. The van der Waals surface area contributed by atoms with Crippen molar-refractivity contribution in [2.75, 3.05) is 13.2 Å². The molecule has 24 heavy (non-hydrogen) atoms. The summed E-state index contributed by atoms with van der Waals surface area (Å²) >= 11 is 0. The molecule has 6 nitrogen and oxygen atoms in total. The van der Waals surface area contributed by atoms with E-state index in [1.165, 1.54) is 12.1 Å². The van der Waals surface area contributed by atoms with E-state index in [0.29, 0.717) is 12.0 Å². The third-order valence-corrected chi connectivity index (χ3v) is 4.43. The van der Waals surface area contributed by atoms with Gasteiger partial charge < -0.3 is 9.47 Å². The Labute approximate surface area is 135 Å². The van der Waals surface area contributed by atoms with E-state index in [4.69, 9.17) is 9.29 Å². The van der Waals surface area contributed by atoms with Crippen molar-refractivity contribution in [3.63, 3.8) is 0 Å². The Bertz CT molecular complexity index is 905. The second-order valence-electron chi connectivity index (χ2n) is 5.33. The van der Waals surface area contributed by atoms with Gasteiger partial charge in [-0.05, 0) is 34.5 Å². The van der Waals surface area contributed by atoms with Crippen LogP contribution in [0.15, 0.2) is 36.4 Å². The van der Waals surface area contributed by atoms with Gasteiger partial charge in [-0.15, -0.1) is 0 Å². The Kier molecular flexibility index (Phi) is 4.02. The first-order valence-corrected chi connectivity index (χ1v) is 8.29. The third kappa shape index (κ3) is 3.37. The molecule has 0 saturated carbocycles. The van der Waals surface area contributed by atoms with E-state index in [1.807, 2.05) is 12.1 Å². The molecule has 1 atom stereocenters. The molecule has 1 aliphatic heterocycles. The zero-order valence-corrected chi connectivity index (χ0v) is 12.9. The van der Waals surface area contributed by atoms with Gasteiger partial charge in [-0.2, -0.15) is 17.2 Å². The average molecular weight is 358 g/mol. The Balaban J connectivity index is 1.76. The number of epoxide rings is 1. The molecule has 1 fully saturated rings. The third-order valence-electron chi connectivity index (χ3n) is 3.55. The smallest absolute Gasteiger partial charge is 0.402 e. The van der Waals surface area contributed by atoms with Crippen LogP contribution < -0.4 is 0 Å². The molecule has 9 heteroatoms. The van der Waals surface area contributed by atoms with E-state index in [9.17, 15) is 22.0 Å². The molecule has 1 N–H and O–H groups in total. The number of hydrogen-bond acceptors (Lipinski definition) is 5. The van der Waals surface area contributed by atoms with Crippen LogP contribution in [0.4, 0.5) is 8.78 Å². The molecule has 1 saturated heterocycles. The summed E-state index contributed by atoms with van der Waals surface area (Å²) in [7, 11) is -5.64. The molecule has 0 aromatic heterocycles. The molecule has 3 rings (SSSR count). The number of carbonyl (C=O) groups is 1. The Morgan fingerprint density at radius 2 is 1.88 bits per heavy atom. The standard InChI is InChI=1S/C15H12F2O6S/c16-15(17,24(19,20)21)8-23-14(18)12-4-2-9-5-11(13-7-22-13)3-1-10(9)6-12/h1-6,13H,7-8H2,(H,19,20,21). The lowest BCUT2D eigenvalue weighted by Crippen LogP contribution is -2.34. The lowest BCUT2D eigenvalue weighted by molar-refractivity contribution is -0.00949. The van der Waals surface area contributed by atoms with Crippen molar-refractivity contribution >= 4 is 26.9 Å². The van der Waals surface area contributed by atoms with Crippen LogP contribution in [0.5, 0.6) is 0 Å². The monoisotopic (exact) mass is 358 g/mol. The zero-order valence-electron chi connectivity index (χ0n) is 12.1. The summed E-state index contributed by atoms with van der Waals surface area (Å²) < 4.78 is 64.9. The Morgan fingerprint density at radius 1 is 1.25 bits per heavy atom. The molecule has 1 heterocycles. The highest BCUT2D eigenvalue weighted by Crippen LogP contribution is 2.32. The number of alkyl halides is 2. The number of benzene rings is 2. The molecular formula is C15H12F2O6S. The van der Waals surface area contributed by atoms with Gasteiger partial charge in [0.2, 0.25) is 0 Å². The number of hydrogen-bond donors (Lipinski definition) is 1. The fraction of sp³-hybridized carbons (Fsp3) is 0.267. The van der Waals surface area contributed by atoms with Crippen LogP contribution in [0, 0.1) is 0 Å². The van der Waals surface area contributed by atoms with Crippen molar-refractivity contribution in [3.05, 3.63) is 47.5 Å². The van der Waals surface area contributed by atoms with E-state index in [0.717, 1.165) is 10.9 Å². The van der Waals surface area contributed by atoms with Crippen LogP contribution in [0.3, 0.4) is 0 Å². The van der Waals surface area contributed by atoms with Crippen molar-refractivity contribution in [2.24, 2.45) is 0 Å². The fourth-order valence-corrected chi connectivity index (χ4v) is 2.35. The zero-order chi connectivity index (χ0) is 17.5. The number of ether oxygens (including phenoxy) is 2. The lowest BCUT2D eigenvalue weighted by Gasteiger charge is -2.13. The van der Waals surface area contributed by atoms with Crippen LogP contribution in [0.1, 0.15) is 22.0 Å². The highest BCUT2D eigenvalue weighted by atomic mass is 32.2. The van der Waals surface area contributed by atoms with Gasteiger partial charge in [-0.25, -0.2) is 4.79 Å². The summed E-state index contributed by atoms with van der Waals surface area (Å²) in [5, 5.41) is -3.03. The quantitative estimate of drug-likeness (QED) is 0.502. The second kappa shape index (κ2) is 5.76. The molecule has 0 radical (unpaired) electrons. The molecule has 1 aliphatic rings. The maximum atomic E-state index is 13.1. The fourth-order valence-electron chi connectivity index (χ4n) is 2.14. The van der Waals surface area contributed by atoms with Crippen molar-refractivity contribution in [2.45, 2.75) is 11.4 Å². The maximum Gasteiger partial charge on any atom is 0.402 e. The van der Waals surface area contributed by atoms with Gasteiger partial charge >= 0.3 is 21.3 Å². The summed E-state index contributed by atoms with van der Waals surface area (Å²) in [6.07, 6.45) is 0.0849. The number of rotatable bonds is 5. The maximum absolute atomic E-state index is 13.1. The average Bonchev–Trinajstić information content (AvgIpc) is 3.35. The van der Waals surface area contributed by atoms with Gasteiger partial charge in [-0.3, -0.25) is 4.55 Å². The van der Waals surface area contributed by atoms with Crippen LogP contribution >= 0.6 is 0 Å². The number of fused-ring (bicyclic) bond motifs is 1. The molecule has 2 aromatic rings. The predicted molar refractivity (Wildman–Crippen MR) is 79.4 cm³/mol. The SMILES string of the molecule is O=C(OCC(F)(F)S(=O)(=O)O)c1ccc2cc(C3CO3)ccc2c1. The molecule has 2 aromatic carbocycles. The normalized spacial score (nSPS) is 17.7. The van der Waals surface area contributed by atoms with Gasteiger partial charge in [-0.1, -0.05) is 18.2 Å². The second-order valence-corrected chi connectivity index (χ2v) is 6.88. The predicted octanol–water partition coefficient (Wildman–Crippen LogP) is 2.55. The molecule has 0 amide bonds. The largest absolute Gasteiger partial charge is 0.454 e. The number of halogens is 2. The molecular weight excluding hydrogens is 346 g/mol. The number of esters is 1. The van der Waals surface area contributed by atoms with Gasteiger partial charge in [0.15, 0.2) is 6.61 Å². The molecule has 0 bridgehead atoms. The molecule has 1 unspecified atom stereocenters. The van der Waals surface area contributed by atoms with Gasteiger partial charge in [0.25, 0.3) is 0 Å². The van der Waals surface area contributed by atoms with Crippen molar-refractivity contribution in [3.8, 4) is 0 Å². The molecule has 0 spiro atoms. The highest BCUT2D eigenvalue weighted by Gasteiger charge is 2.45. The van der Waals surface area contributed by atoms with Crippen LogP contribution in [0.2, 0.25) is 0 Å². The summed E-state index contributed by atoms with van der Waals surface area (Å²) in [5.41, 5.74) is 0.995. The first kappa shape index (κ1) is 16.7. The summed E-state index contributed by atoms with van der Waals surface area (Å²) in [4.78, 5) is 11.8. The van der Waals surface area contributed by atoms with Crippen molar-refractivity contribution < 1.29 is 36.0 Å². The number of carbonyl (C=O) groups excluding carboxylic acids is 1. The highest BCUT2D eigenvalue weighted by molar-refractivity contribution is 7.86. The molecule has 0 aliphatic carbocycles.